The molecule has 2 saturated heterocycles. The molecule has 5 nitrogen and oxygen atoms in total. The average molecular weight is 274 g/mol. The molecule has 0 aromatic heterocycles. The summed E-state index contributed by atoms with van der Waals surface area (Å²) in [5.74, 6) is -0.475. The Morgan fingerprint density at radius 2 is 2.10 bits per heavy atom. The van der Waals surface area contributed by atoms with Crippen LogP contribution in [0, 0.1) is 0 Å². The van der Waals surface area contributed by atoms with E-state index >= 15 is 0 Å². The summed E-state index contributed by atoms with van der Waals surface area (Å²) >= 11 is 0. The van der Waals surface area contributed by atoms with Crippen molar-refractivity contribution in [3.63, 3.8) is 0 Å². The van der Waals surface area contributed by atoms with E-state index in [0.717, 1.165) is 12.1 Å². The molecule has 108 valence electrons. The van der Waals surface area contributed by atoms with Crippen LogP contribution in [-0.2, 0) is 0 Å². The Labute approximate surface area is 119 Å². The van der Waals surface area contributed by atoms with Crippen molar-refractivity contribution < 1.29 is 4.79 Å². The van der Waals surface area contributed by atoms with Crippen molar-refractivity contribution in [1.29, 1.82) is 0 Å². The predicted molar refractivity (Wildman–Crippen MR) is 80.6 cm³/mol. The van der Waals surface area contributed by atoms with Crippen LogP contribution in [0.4, 0.5) is 11.4 Å². The number of carbonyl (C=O) groups excluding carboxylic acids is 1. The van der Waals surface area contributed by atoms with Crippen LogP contribution in [0.5, 0.6) is 0 Å². The smallest absolute Gasteiger partial charge is 0.250 e. The minimum Gasteiger partial charge on any atom is -0.398 e. The van der Waals surface area contributed by atoms with Gasteiger partial charge in [-0.05, 0) is 44.0 Å². The van der Waals surface area contributed by atoms with Gasteiger partial charge in [0.25, 0.3) is 5.91 Å². The third-order valence-electron chi connectivity index (χ3n) is 4.53. The van der Waals surface area contributed by atoms with Gasteiger partial charge in [-0.15, -0.1) is 0 Å². The fraction of sp³-hybridized carbons (Fsp3) is 0.533. The number of nitrogens with two attached hydrogens (primary N) is 2. The Hall–Kier alpha value is -1.75. The Bertz CT molecular complexity index is 517. The first-order valence-corrected chi connectivity index (χ1v) is 7.35. The lowest BCUT2D eigenvalue weighted by molar-refractivity contribution is 0.100. The van der Waals surface area contributed by atoms with Crippen molar-refractivity contribution >= 4 is 17.3 Å². The van der Waals surface area contributed by atoms with Gasteiger partial charge >= 0.3 is 0 Å². The quantitative estimate of drug-likeness (QED) is 0.728. The van der Waals surface area contributed by atoms with E-state index in [9.17, 15) is 4.79 Å². The Balaban J connectivity index is 1.74. The van der Waals surface area contributed by atoms with Crippen LogP contribution >= 0.6 is 0 Å². The maximum Gasteiger partial charge on any atom is 0.250 e. The number of nitrogens with zero attached hydrogens (tertiary/aromatic N) is 1. The highest BCUT2D eigenvalue weighted by molar-refractivity contribution is 5.98. The van der Waals surface area contributed by atoms with E-state index in [0.29, 0.717) is 23.3 Å². The maximum atomic E-state index is 11.3. The van der Waals surface area contributed by atoms with Gasteiger partial charge < -0.3 is 16.8 Å². The van der Waals surface area contributed by atoms with E-state index in [1.165, 1.54) is 32.4 Å². The first kappa shape index (κ1) is 13.2. The summed E-state index contributed by atoms with van der Waals surface area (Å²) in [6.45, 7) is 2.39. The van der Waals surface area contributed by atoms with Crippen molar-refractivity contribution in [2.75, 3.05) is 24.1 Å². The van der Waals surface area contributed by atoms with Gasteiger partial charge in [0.2, 0.25) is 0 Å². The van der Waals surface area contributed by atoms with Gasteiger partial charge in [0.1, 0.15) is 0 Å². The summed E-state index contributed by atoms with van der Waals surface area (Å²) in [6, 6.07) is 6.52. The van der Waals surface area contributed by atoms with Gasteiger partial charge in [0, 0.05) is 30.0 Å². The van der Waals surface area contributed by atoms with Gasteiger partial charge in [0.05, 0.1) is 5.56 Å². The molecule has 2 aliphatic rings. The van der Waals surface area contributed by atoms with E-state index in [-0.39, 0.29) is 0 Å². The van der Waals surface area contributed by atoms with Gasteiger partial charge in [-0.2, -0.15) is 0 Å². The molecule has 5 heteroatoms. The maximum absolute atomic E-state index is 11.3. The van der Waals surface area contributed by atoms with Crippen LogP contribution in [0.3, 0.4) is 0 Å². The molecule has 1 aromatic rings. The lowest BCUT2D eigenvalue weighted by Crippen LogP contribution is -2.41. The molecule has 2 heterocycles. The molecule has 5 N–H and O–H groups in total. The lowest BCUT2D eigenvalue weighted by atomic mass is 9.98. The fourth-order valence-corrected chi connectivity index (χ4v) is 3.49. The molecule has 0 bridgehead atoms. The molecular formula is C15H22N4O. The van der Waals surface area contributed by atoms with Crippen LogP contribution in [0.2, 0.25) is 0 Å². The number of anilines is 2. The zero-order chi connectivity index (χ0) is 14.1. The zero-order valence-electron chi connectivity index (χ0n) is 11.6. The molecule has 0 aliphatic carbocycles. The first-order chi connectivity index (χ1) is 9.65. The van der Waals surface area contributed by atoms with Crippen molar-refractivity contribution in [3.8, 4) is 0 Å². The van der Waals surface area contributed by atoms with E-state index < -0.39 is 5.91 Å². The Kier molecular flexibility index (Phi) is 3.53. The number of nitrogen functional groups attached to an aromatic ring is 1. The Morgan fingerprint density at radius 1 is 1.25 bits per heavy atom. The van der Waals surface area contributed by atoms with Crippen LogP contribution in [0.1, 0.15) is 36.0 Å². The minimum absolute atomic E-state index is 0.397. The molecule has 2 fully saturated rings. The molecule has 1 aromatic carbocycles. The number of fused-ring (bicyclic) bond motifs is 1. The van der Waals surface area contributed by atoms with Gasteiger partial charge in [-0.3, -0.25) is 9.69 Å². The molecular weight excluding hydrogens is 252 g/mol. The average Bonchev–Trinajstić information content (AvgIpc) is 2.84. The van der Waals surface area contributed by atoms with Crippen LogP contribution in [-0.4, -0.2) is 36.0 Å². The van der Waals surface area contributed by atoms with E-state index in [2.05, 4.69) is 10.2 Å². The molecule has 20 heavy (non-hydrogen) atoms. The van der Waals surface area contributed by atoms with Crippen LogP contribution < -0.4 is 16.8 Å². The number of primary amides is 1. The largest absolute Gasteiger partial charge is 0.398 e. The van der Waals surface area contributed by atoms with E-state index in [1.807, 2.05) is 6.07 Å². The number of piperidine rings is 1. The molecule has 0 saturated carbocycles. The number of nitrogens with one attached hydrogen (secondary N) is 1. The number of hydrogen-bond acceptors (Lipinski definition) is 4. The molecule has 1 amide bonds. The number of rotatable bonds is 3. The van der Waals surface area contributed by atoms with E-state index in [1.54, 1.807) is 12.1 Å². The predicted octanol–water partition coefficient (Wildman–Crippen LogP) is 1.41. The first-order valence-electron chi connectivity index (χ1n) is 7.35. The van der Waals surface area contributed by atoms with E-state index in [4.69, 9.17) is 11.5 Å². The summed E-state index contributed by atoms with van der Waals surface area (Å²) in [7, 11) is 0. The monoisotopic (exact) mass is 274 g/mol. The van der Waals surface area contributed by atoms with Crippen molar-refractivity contribution in [2.45, 2.75) is 37.8 Å². The lowest BCUT2D eigenvalue weighted by Gasteiger charge is -2.33. The summed E-state index contributed by atoms with van der Waals surface area (Å²) in [4.78, 5) is 13.9. The van der Waals surface area contributed by atoms with Gasteiger partial charge in [-0.1, -0.05) is 6.42 Å². The van der Waals surface area contributed by atoms with Gasteiger partial charge in [-0.25, -0.2) is 0 Å². The second kappa shape index (κ2) is 5.32. The summed E-state index contributed by atoms with van der Waals surface area (Å²) in [5, 5.41) is 3.56. The summed E-state index contributed by atoms with van der Waals surface area (Å²) < 4.78 is 0. The highest BCUT2D eigenvalue weighted by Gasteiger charge is 2.35. The summed E-state index contributed by atoms with van der Waals surface area (Å²) in [5.41, 5.74) is 12.9. The number of carbonyl (C=O) groups is 1. The highest BCUT2D eigenvalue weighted by atomic mass is 16.1. The molecule has 0 spiro atoms. The zero-order valence-corrected chi connectivity index (χ0v) is 11.6. The summed E-state index contributed by atoms with van der Waals surface area (Å²) in [6.07, 6.45) is 5.04. The van der Waals surface area contributed by atoms with Gasteiger partial charge in [0.15, 0.2) is 0 Å². The molecule has 3 rings (SSSR count). The Morgan fingerprint density at radius 3 is 2.90 bits per heavy atom. The second-order valence-electron chi connectivity index (χ2n) is 5.80. The highest BCUT2D eigenvalue weighted by Crippen LogP contribution is 2.30. The van der Waals surface area contributed by atoms with Crippen LogP contribution in [0.25, 0.3) is 0 Å². The SMILES string of the molecule is NC(=O)c1cc(NC2CCN3CCCCC23)ccc1N. The topological polar surface area (TPSA) is 84.4 Å². The number of benzene rings is 1. The second-order valence-corrected chi connectivity index (χ2v) is 5.80. The standard InChI is InChI=1S/C15H22N4O/c16-12-5-4-10(9-11(12)15(17)20)18-13-6-8-19-7-2-1-3-14(13)19/h4-5,9,13-14,18H,1-3,6-8,16H2,(H2,17,20). The van der Waals surface area contributed by atoms with Crippen molar-refractivity contribution in [1.82, 2.24) is 4.90 Å². The fourth-order valence-electron chi connectivity index (χ4n) is 3.49. The van der Waals surface area contributed by atoms with Crippen molar-refractivity contribution in [3.05, 3.63) is 23.8 Å². The third kappa shape index (κ3) is 2.45. The molecule has 2 aliphatic heterocycles. The minimum atomic E-state index is -0.475. The molecule has 0 radical (unpaired) electrons. The number of amides is 1. The molecule has 2 unspecified atom stereocenters. The normalized spacial score (nSPS) is 26.2. The third-order valence-corrected chi connectivity index (χ3v) is 4.53. The molecule has 2 atom stereocenters. The van der Waals surface area contributed by atoms with Crippen LogP contribution in [0.15, 0.2) is 18.2 Å². The van der Waals surface area contributed by atoms with Crippen molar-refractivity contribution in [2.24, 2.45) is 5.73 Å². The number of hydrogen-bond donors (Lipinski definition) is 3.